The topological polar surface area (TPSA) is 59.0 Å². The molecule has 19 heavy (non-hydrogen) atoms. The molecule has 1 atom stereocenters. The first-order chi connectivity index (χ1) is 9.25. The maximum absolute atomic E-state index is 12.5. The highest BCUT2D eigenvalue weighted by Crippen LogP contribution is 2.31. The number of hydrogen-bond acceptors (Lipinski definition) is 5. The molecular weight excluding hydrogens is 260 g/mol. The Morgan fingerprint density at radius 2 is 2.42 bits per heavy atom. The second-order valence-electron chi connectivity index (χ2n) is 4.61. The summed E-state index contributed by atoms with van der Waals surface area (Å²) in [5.41, 5.74) is 1.45. The molecule has 1 fully saturated rings. The zero-order valence-corrected chi connectivity index (χ0v) is 11.4. The van der Waals surface area contributed by atoms with Crippen LogP contribution in [-0.4, -0.2) is 31.7 Å². The first-order valence-electron chi connectivity index (χ1n) is 6.26. The molecule has 1 amide bonds. The fourth-order valence-electron chi connectivity index (χ4n) is 2.43. The molecule has 2 aromatic rings. The Kier molecular flexibility index (Phi) is 3.25. The van der Waals surface area contributed by atoms with Crippen LogP contribution < -0.4 is 0 Å². The summed E-state index contributed by atoms with van der Waals surface area (Å²) < 4.78 is 4.21. The van der Waals surface area contributed by atoms with Gasteiger partial charge >= 0.3 is 0 Å². The van der Waals surface area contributed by atoms with E-state index in [-0.39, 0.29) is 11.9 Å². The summed E-state index contributed by atoms with van der Waals surface area (Å²) in [6, 6.07) is 3.78. The molecule has 5 nitrogen and oxygen atoms in total. The van der Waals surface area contributed by atoms with E-state index in [0.29, 0.717) is 5.69 Å². The minimum atomic E-state index is 0.00506. The van der Waals surface area contributed by atoms with Crippen LogP contribution in [0.5, 0.6) is 0 Å². The number of amides is 1. The Hall–Kier alpha value is -1.82. The van der Waals surface area contributed by atoms with Gasteiger partial charge in [0.1, 0.15) is 12.0 Å². The van der Waals surface area contributed by atoms with Gasteiger partial charge in [-0.2, -0.15) is 4.37 Å². The molecule has 0 spiro atoms. The number of rotatable bonds is 2. The molecule has 0 aromatic carbocycles. The molecule has 1 unspecified atom stereocenters. The molecule has 98 valence electrons. The van der Waals surface area contributed by atoms with E-state index in [9.17, 15) is 4.79 Å². The fourth-order valence-corrected chi connectivity index (χ4v) is 2.97. The van der Waals surface area contributed by atoms with E-state index in [4.69, 9.17) is 0 Å². The van der Waals surface area contributed by atoms with Crippen molar-refractivity contribution < 1.29 is 4.79 Å². The predicted octanol–water partition coefficient (Wildman–Crippen LogP) is 2.22. The van der Waals surface area contributed by atoms with Crippen molar-refractivity contribution >= 4 is 17.4 Å². The molecule has 1 saturated heterocycles. The van der Waals surface area contributed by atoms with E-state index >= 15 is 0 Å². The zero-order valence-electron chi connectivity index (χ0n) is 10.6. The third-order valence-electron chi connectivity index (χ3n) is 3.31. The van der Waals surface area contributed by atoms with E-state index in [1.54, 1.807) is 6.20 Å². The first kappa shape index (κ1) is 12.2. The van der Waals surface area contributed by atoms with Crippen molar-refractivity contribution in [2.24, 2.45) is 0 Å². The lowest BCUT2D eigenvalue weighted by molar-refractivity contribution is 0.0728. The average molecular weight is 274 g/mol. The van der Waals surface area contributed by atoms with Crippen molar-refractivity contribution in [1.29, 1.82) is 0 Å². The van der Waals surface area contributed by atoms with Crippen molar-refractivity contribution in [2.75, 3.05) is 6.54 Å². The van der Waals surface area contributed by atoms with Gasteiger partial charge in [0, 0.05) is 17.6 Å². The van der Waals surface area contributed by atoms with Gasteiger partial charge in [-0.3, -0.25) is 4.79 Å². The highest BCUT2D eigenvalue weighted by molar-refractivity contribution is 7.05. The number of likely N-dealkylation sites (tertiary alicyclic amines) is 1. The van der Waals surface area contributed by atoms with Gasteiger partial charge in [-0.05, 0) is 43.4 Å². The summed E-state index contributed by atoms with van der Waals surface area (Å²) in [6.07, 6.45) is 5.20. The number of hydrogen-bond donors (Lipinski definition) is 0. The maximum atomic E-state index is 12.5. The van der Waals surface area contributed by atoms with Gasteiger partial charge in [-0.1, -0.05) is 0 Å². The molecule has 1 aliphatic rings. The Bertz CT molecular complexity index is 583. The van der Waals surface area contributed by atoms with Crippen LogP contribution in [-0.2, 0) is 0 Å². The molecule has 0 radical (unpaired) electrons. The van der Waals surface area contributed by atoms with E-state index in [0.717, 1.165) is 30.0 Å². The smallest absolute Gasteiger partial charge is 0.274 e. The van der Waals surface area contributed by atoms with Crippen molar-refractivity contribution in [3.05, 3.63) is 40.9 Å². The second-order valence-corrected chi connectivity index (χ2v) is 5.62. The summed E-state index contributed by atoms with van der Waals surface area (Å²) >= 11 is 1.37. The standard InChI is InChI=1S/C13H14N4OS/c1-9-7-11(16-19-9)13(18)17-6-2-3-12(17)10-4-5-14-8-15-10/h4-5,7-8,12H,2-3,6H2,1H3. The third-order valence-corrected chi connectivity index (χ3v) is 4.00. The first-order valence-corrected chi connectivity index (χ1v) is 7.03. The molecule has 6 heteroatoms. The lowest BCUT2D eigenvalue weighted by atomic mass is 10.1. The molecule has 1 aliphatic heterocycles. The number of carbonyl (C=O) groups excluding carboxylic acids is 1. The van der Waals surface area contributed by atoms with Crippen molar-refractivity contribution in [3.8, 4) is 0 Å². The molecule has 0 saturated carbocycles. The van der Waals surface area contributed by atoms with E-state index < -0.39 is 0 Å². The van der Waals surface area contributed by atoms with Gasteiger partial charge in [0.2, 0.25) is 0 Å². The van der Waals surface area contributed by atoms with E-state index in [1.807, 2.05) is 24.0 Å². The zero-order chi connectivity index (χ0) is 13.2. The Morgan fingerprint density at radius 3 is 3.11 bits per heavy atom. The third kappa shape index (κ3) is 2.35. The molecular formula is C13H14N4OS. The number of carbonyl (C=O) groups is 1. The quantitative estimate of drug-likeness (QED) is 0.842. The molecule has 0 N–H and O–H groups in total. The lowest BCUT2D eigenvalue weighted by Gasteiger charge is -2.23. The van der Waals surface area contributed by atoms with Gasteiger partial charge in [-0.25, -0.2) is 9.97 Å². The summed E-state index contributed by atoms with van der Waals surface area (Å²) in [5, 5.41) is 0. The van der Waals surface area contributed by atoms with Crippen LogP contribution in [0.2, 0.25) is 0 Å². The van der Waals surface area contributed by atoms with Crippen LogP contribution in [0.1, 0.15) is 39.9 Å². The van der Waals surface area contributed by atoms with Crippen molar-refractivity contribution in [2.45, 2.75) is 25.8 Å². The number of nitrogens with zero attached hydrogens (tertiary/aromatic N) is 4. The average Bonchev–Trinajstić information content (AvgIpc) is 3.07. The Balaban J connectivity index is 1.86. The van der Waals surface area contributed by atoms with Crippen LogP contribution in [0.4, 0.5) is 0 Å². The molecule has 3 heterocycles. The van der Waals surface area contributed by atoms with Crippen LogP contribution in [0.15, 0.2) is 24.7 Å². The molecule has 2 aromatic heterocycles. The largest absolute Gasteiger partial charge is 0.329 e. The van der Waals surface area contributed by atoms with Crippen LogP contribution >= 0.6 is 11.5 Å². The normalized spacial score (nSPS) is 18.8. The van der Waals surface area contributed by atoms with Gasteiger partial charge in [0.05, 0.1) is 11.7 Å². The van der Waals surface area contributed by atoms with Crippen molar-refractivity contribution in [1.82, 2.24) is 19.2 Å². The highest BCUT2D eigenvalue weighted by atomic mass is 32.1. The fraction of sp³-hybridized carbons (Fsp3) is 0.385. The van der Waals surface area contributed by atoms with Gasteiger partial charge < -0.3 is 4.90 Å². The highest BCUT2D eigenvalue weighted by Gasteiger charge is 2.32. The summed E-state index contributed by atoms with van der Waals surface area (Å²) in [6.45, 7) is 2.73. The van der Waals surface area contributed by atoms with Crippen LogP contribution in [0.3, 0.4) is 0 Å². The summed E-state index contributed by atoms with van der Waals surface area (Å²) in [7, 11) is 0. The Morgan fingerprint density at radius 1 is 1.53 bits per heavy atom. The summed E-state index contributed by atoms with van der Waals surface area (Å²) in [5.74, 6) is 0.00506. The number of aromatic nitrogens is 3. The minimum absolute atomic E-state index is 0.00506. The van der Waals surface area contributed by atoms with Gasteiger partial charge in [0.25, 0.3) is 5.91 Å². The maximum Gasteiger partial charge on any atom is 0.274 e. The van der Waals surface area contributed by atoms with Crippen LogP contribution in [0, 0.1) is 6.92 Å². The molecule has 3 rings (SSSR count). The predicted molar refractivity (Wildman–Crippen MR) is 71.9 cm³/mol. The minimum Gasteiger partial charge on any atom is -0.329 e. The van der Waals surface area contributed by atoms with E-state index in [2.05, 4.69) is 14.3 Å². The molecule has 0 aliphatic carbocycles. The Labute approximate surface area is 115 Å². The summed E-state index contributed by atoms with van der Waals surface area (Å²) in [4.78, 5) is 23.6. The van der Waals surface area contributed by atoms with Gasteiger partial charge in [-0.15, -0.1) is 0 Å². The monoisotopic (exact) mass is 274 g/mol. The number of aryl methyl sites for hydroxylation is 1. The SMILES string of the molecule is Cc1cc(C(=O)N2CCCC2c2ccncn2)ns1. The second kappa shape index (κ2) is 5.05. The molecule has 0 bridgehead atoms. The lowest BCUT2D eigenvalue weighted by Crippen LogP contribution is -2.31. The van der Waals surface area contributed by atoms with Crippen LogP contribution in [0.25, 0.3) is 0 Å². The van der Waals surface area contributed by atoms with Gasteiger partial charge in [0.15, 0.2) is 0 Å². The van der Waals surface area contributed by atoms with E-state index in [1.165, 1.54) is 17.9 Å². The van der Waals surface area contributed by atoms with Crippen molar-refractivity contribution in [3.63, 3.8) is 0 Å².